The van der Waals surface area contributed by atoms with Crippen LogP contribution in [0.2, 0.25) is 0 Å². The fourth-order valence-electron chi connectivity index (χ4n) is 2.54. The molecule has 0 heterocycles. The summed E-state index contributed by atoms with van der Waals surface area (Å²) in [5.74, 6) is -1.83. The minimum atomic E-state index is -0.816. The number of hydrogen-bond acceptors (Lipinski definition) is 4. The molecule has 27 heavy (non-hydrogen) atoms. The number of carbonyl (C=O) groups excluding carboxylic acids is 2. The van der Waals surface area contributed by atoms with Gasteiger partial charge in [0, 0.05) is 23.7 Å². The summed E-state index contributed by atoms with van der Waals surface area (Å²) in [4.78, 5) is 24.0. The number of benzene rings is 2. The zero-order valence-corrected chi connectivity index (χ0v) is 15.7. The van der Waals surface area contributed by atoms with E-state index in [0.29, 0.717) is 5.56 Å². The van der Waals surface area contributed by atoms with Gasteiger partial charge in [0.25, 0.3) is 11.8 Å². The summed E-state index contributed by atoms with van der Waals surface area (Å²) in [6.07, 6.45) is 1.20. The van der Waals surface area contributed by atoms with Gasteiger partial charge < -0.3 is 0 Å². The molecular formula is C20H22FN3O3. The SMILES string of the molecule is CN(/N=C/c1ccc(C(=O)NO)cc1F)C(=O)c1ccccc1C(C)(C)C. The molecule has 2 aromatic rings. The molecule has 0 bridgehead atoms. The van der Waals surface area contributed by atoms with Crippen LogP contribution in [0.3, 0.4) is 0 Å². The Morgan fingerprint density at radius 3 is 2.44 bits per heavy atom. The fraction of sp³-hybridized carbons (Fsp3) is 0.250. The number of hydroxylamine groups is 1. The van der Waals surface area contributed by atoms with Crippen molar-refractivity contribution in [3.8, 4) is 0 Å². The van der Waals surface area contributed by atoms with Gasteiger partial charge in [-0.3, -0.25) is 14.8 Å². The molecule has 0 atom stereocenters. The van der Waals surface area contributed by atoms with E-state index < -0.39 is 11.7 Å². The Balaban J connectivity index is 2.24. The van der Waals surface area contributed by atoms with E-state index in [1.165, 1.54) is 30.9 Å². The molecule has 2 aromatic carbocycles. The van der Waals surface area contributed by atoms with Crippen LogP contribution in [-0.4, -0.2) is 35.3 Å². The maximum Gasteiger partial charge on any atom is 0.274 e. The predicted octanol–water partition coefficient (Wildman–Crippen LogP) is 3.35. The van der Waals surface area contributed by atoms with Crippen molar-refractivity contribution in [2.45, 2.75) is 26.2 Å². The van der Waals surface area contributed by atoms with Crippen molar-refractivity contribution in [3.05, 3.63) is 70.5 Å². The molecule has 0 aliphatic carbocycles. The lowest BCUT2D eigenvalue weighted by molar-refractivity contribution is 0.0705. The molecule has 0 aromatic heterocycles. The van der Waals surface area contributed by atoms with E-state index in [1.807, 2.05) is 32.9 Å². The molecule has 0 saturated carbocycles. The van der Waals surface area contributed by atoms with Gasteiger partial charge in [0.15, 0.2) is 0 Å². The van der Waals surface area contributed by atoms with Gasteiger partial charge in [0.2, 0.25) is 0 Å². The van der Waals surface area contributed by atoms with E-state index >= 15 is 0 Å². The second-order valence-corrected chi connectivity index (χ2v) is 7.05. The second kappa shape index (κ2) is 8.09. The van der Waals surface area contributed by atoms with Gasteiger partial charge in [-0.2, -0.15) is 5.10 Å². The monoisotopic (exact) mass is 371 g/mol. The molecule has 0 fully saturated rings. The van der Waals surface area contributed by atoms with E-state index in [0.717, 1.165) is 16.6 Å². The number of hydrazone groups is 1. The van der Waals surface area contributed by atoms with Crippen LogP contribution < -0.4 is 5.48 Å². The number of hydrogen-bond donors (Lipinski definition) is 2. The molecule has 0 saturated heterocycles. The third-order valence-electron chi connectivity index (χ3n) is 3.99. The highest BCUT2D eigenvalue weighted by Crippen LogP contribution is 2.26. The topological polar surface area (TPSA) is 82.0 Å². The number of nitrogens with one attached hydrogen (secondary N) is 1. The highest BCUT2D eigenvalue weighted by Gasteiger charge is 2.23. The summed E-state index contributed by atoms with van der Waals surface area (Å²) >= 11 is 0. The molecule has 6 nitrogen and oxygen atoms in total. The summed E-state index contributed by atoms with van der Waals surface area (Å²) in [6.45, 7) is 6.05. The minimum absolute atomic E-state index is 0.0318. The average molecular weight is 371 g/mol. The van der Waals surface area contributed by atoms with Crippen molar-refractivity contribution in [1.82, 2.24) is 10.5 Å². The van der Waals surface area contributed by atoms with Crippen LogP contribution >= 0.6 is 0 Å². The van der Waals surface area contributed by atoms with Crippen LogP contribution in [0.5, 0.6) is 0 Å². The van der Waals surface area contributed by atoms with E-state index in [1.54, 1.807) is 12.1 Å². The standard InChI is InChI=1S/C20H22FN3O3/c1-20(2,3)16-8-6-5-7-15(16)19(26)24(4)22-12-14-10-9-13(11-17(14)21)18(25)23-27/h5-12,27H,1-4H3,(H,23,25)/b22-12+. The predicted molar refractivity (Wildman–Crippen MR) is 100 cm³/mol. The van der Waals surface area contributed by atoms with E-state index in [2.05, 4.69) is 5.10 Å². The molecule has 7 heteroatoms. The van der Waals surface area contributed by atoms with Gasteiger partial charge in [-0.05, 0) is 35.2 Å². The fourth-order valence-corrected chi connectivity index (χ4v) is 2.54. The Hall–Kier alpha value is -3.06. The van der Waals surface area contributed by atoms with Crippen LogP contribution in [0, 0.1) is 5.82 Å². The van der Waals surface area contributed by atoms with Crippen molar-refractivity contribution in [2.24, 2.45) is 5.10 Å². The van der Waals surface area contributed by atoms with Crippen molar-refractivity contribution < 1.29 is 19.2 Å². The molecule has 2 amide bonds. The van der Waals surface area contributed by atoms with Gasteiger partial charge >= 0.3 is 0 Å². The van der Waals surface area contributed by atoms with Crippen LogP contribution in [0.25, 0.3) is 0 Å². The number of rotatable bonds is 4. The van der Waals surface area contributed by atoms with Gasteiger partial charge in [0.05, 0.1) is 6.21 Å². The van der Waals surface area contributed by atoms with Crippen molar-refractivity contribution >= 4 is 18.0 Å². The average Bonchev–Trinajstić information content (AvgIpc) is 2.64. The van der Waals surface area contributed by atoms with Gasteiger partial charge in [-0.15, -0.1) is 0 Å². The van der Waals surface area contributed by atoms with Crippen molar-refractivity contribution in [3.63, 3.8) is 0 Å². The van der Waals surface area contributed by atoms with E-state index in [-0.39, 0.29) is 22.4 Å². The lowest BCUT2D eigenvalue weighted by atomic mass is 9.83. The van der Waals surface area contributed by atoms with Gasteiger partial charge in [-0.25, -0.2) is 14.9 Å². The van der Waals surface area contributed by atoms with Crippen molar-refractivity contribution in [2.75, 3.05) is 7.05 Å². The molecule has 142 valence electrons. The number of amides is 2. The zero-order valence-electron chi connectivity index (χ0n) is 15.7. The summed E-state index contributed by atoms with van der Waals surface area (Å²) in [7, 11) is 1.49. The molecule has 2 rings (SSSR count). The highest BCUT2D eigenvalue weighted by atomic mass is 19.1. The second-order valence-electron chi connectivity index (χ2n) is 7.05. The Morgan fingerprint density at radius 1 is 1.19 bits per heavy atom. The first-order valence-corrected chi connectivity index (χ1v) is 8.30. The Bertz CT molecular complexity index is 888. The zero-order chi connectivity index (χ0) is 20.2. The first kappa shape index (κ1) is 20.3. The number of carbonyl (C=O) groups is 2. The third kappa shape index (κ3) is 4.77. The molecule has 2 N–H and O–H groups in total. The van der Waals surface area contributed by atoms with E-state index in [9.17, 15) is 14.0 Å². The molecule has 0 aliphatic rings. The summed E-state index contributed by atoms with van der Waals surface area (Å²) in [5.41, 5.74) is 2.71. The first-order valence-electron chi connectivity index (χ1n) is 8.30. The number of halogens is 1. The molecule has 0 unspecified atom stereocenters. The van der Waals surface area contributed by atoms with Crippen LogP contribution in [0.15, 0.2) is 47.6 Å². The van der Waals surface area contributed by atoms with Crippen LogP contribution in [0.1, 0.15) is 52.6 Å². The lowest BCUT2D eigenvalue weighted by Crippen LogP contribution is -2.26. The van der Waals surface area contributed by atoms with E-state index in [4.69, 9.17) is 5.21 Å². The molecule has 0 aliphatic heterocycles. The van der Waals surface area contributed by atoms with Gasteiger partial charge in [-0.1, -0.05) is 39.0 Å². The summed E-state index contributed by atoms with van der Waals surface area (Å²) < 4.78 is 14.1. The first-order chi connectivity index (χ1) is 12.6. The van der Waals surface area contributed by atoms with Gasteiger partial charge in [0.1, 0.15) is 5.82 Å². The quantitative estimate of drug-likeness (QED) is 0.491. The Morgan fingerprint density at radius 2 is 1.85 bits per heavy atom. The Labute approximate surface area is 157 Å². The maximum absolute atomic E-state index is 14.1. The summed E-state index contributed by atoms with van der Waals surface area (Å²) in [6, 6.07) is 10.9. The largest absolute Gasteiger partial charge is 0.288 e. The smallest absolute Gasteiger partial charge is 0.274 e. The molecule has 0 radical (unpaired) electrons. The molecule has 0 spiro atoms. The van der Waals surface area contributed by atoms with Crippen molar-refractivity contribution in [1.29, 1.82) is 0 Å². The molecular weight excluding hydrogens is 349 g/mol. The summed E-state index contributed by atoms with van der Waals surface area (Å²) in [5, 5.41) is 13.7. The third-order valence-corrected chi connectivity index (χ3v) is 3.99. The number of nitrogens with zero attached hydrogens (tertiary/aromatic N) is 2. The lowest BCUT2D eigenvalue weighted by Gasteiger charge is -2.23. The van der Waals surface area contributed by atoms with Crippen LogP contribution in [-0.2, 0) is 5.41 Å². The minimum Gasteiger partial charge on any atom is -0.288 e. The highest BCUT2D eigenvalue weighted by molar-refractivity contribution is 5.97. The maximum atomic E-state index is 14.1. The van der Waals surface area contributed by atoms with Crippen LogP contribution in [0.4, 0.5) is 4.39 Å². The normalized spacial score (nSPS) is 11.5. The Kier molecular flexibility index (Phi) is 6.07.